The van der Waals surface area contributed by atoms with Crippen molar-refractivity contribution in [3.05, 3.63) is 12.3 Å². The molecule has 0 amide bonds. The van der Waals surface area contributed by atoms with Crippen molar-refractivity contribution in [2.75, 3.05) is 0 Å². The minimum atomic E-state index is -1.85. The van der Waals surface area contributed by atoms with Gasteiger partial charge in [-0.25, -0.2) is 0 Å². The van der Waals surface area contributed by atoms with E-state index in [0.717, 1.165) is 6.08 Å². The molecule has 0 spiro atoms. The molecule has 0 heterocycles. The molecule has 0 unspecified atom stereocenters. The minimum Gasteiger partial charge on any atom is -0.516 e. The van der Waals surface area contributed by atoms with Gasteiger partial charge in [-0.1, -0.05) is 0 Å². The van der Waals surface area contributed by atoms with Crippen molar-refractivity contribution in [1.29, 1.82) is 0 Å². The molecule has 80 valence electrons. The predicted molar refractivity (Wildman–Crippen MR) is 45.8 cm³/mol. The summed E-state index contributed by atoms with van der Waals surface area (Å²) in [6, 6.07) is 0. The Hall–Kier alpha value is -1.56. The molecule has 0 radical (unpaired) electrons. The van der Waals surface area contributed by atoms with Gasteiger partial charge < -0.3 is 20.4 Å². The fourth-order valence-electron chi connectivity index (χ4n) is 1.04. The molecule has 6 nitrogen and oxygen atoms in total. The van der Waals surface area contributed by atoms with E-state index in [-0.39, 0.29) is 6.42 Å². The van der Waals surface area contributed by atoms with E-state index in [1.165, 1.54) is 0 Å². The van der Waals surface area contributed by atoms with Gasteiger partial charge in [0.25, 0.3) is 0 Å². The Balaban J connectivity index is 4.47. The van der Waals surface area contributed by atoms with Gasteiger partial charge >= 0.3 is 11.9 Å². The summed E-state index contributed by atoms with van der Waals surface area (Å²) >= 11 is 0. The molecule has 4 N–H and O–H groups in total. The molecule has 14 heavy (non-hydrogen) atoms. The van der Waals surface area contributed by atoms with Crippen LogP contribution in [-0.4, -0.2) is 38.0 Å². The van der Waals surface area contributed by atoms with Crippen molar-refractivity contribution in [3.8, 4) is 0 Å². The van der Waals surface area contributed by atoms with Crippen molar-refractivity contribution in [2.24, 2.45) is 0 Å². The molecule has 0 saturated carbocycles. The third kappa shape index (κ3) is 5.15. The summed E-state index contributed by atoms with van der Waals surface area (Å²) in [7, 11) is 0. The molecule has 0 atom stereocenters. The highest BCUT2D eigenvalue weighted by atomic mass is 16.4. The standard InChI is InChI=1S/C8H12O6/c9-3-1-2-8(14,4-6(10)11)5-7(12)13/h1,3,9,14H,2,4-5H2,(H,10,11)(H,12,13). The molecule has 0 aromatic carbocycles. The van der Waals surface area contributed by atoms with E-state index in [9.17, 15) is 14.7 Å². The van der Waals surface area contributed by atoms with E-state index >= 15 is 0 Å². The summed E-state index contributed by atoms with van der Waals surface area (Å²) in [4.78, 5) is 20.6. The molecular weight excluding hydrogens is 192 g/mol. The van der Waals surface area contributed by atoms with Gasteiger partial charge in [0.05, 0.1) is 24.7 Å². The van der Waals surface area contributed by atoms with Gasteiger partial charge in [0.2, 0.25) is 0 Å². The molecule has 0 aliphatic carbocycles. The molecule has 0 bridgehead atoms. The third-order valence-corrected chi connectivity index (χ3v) is 1.56. The van der Waals surface area contributed by atoms with Crippen LogP contribution >= 0.6 is 0 Å². The first-order valence-corrected chi connectivity index (χ1v) is 3.85. The zero-order chi connectivity index (χ0) is 11.2. The van der Waals surface area contributed by atoms with Gasteiger partial charge in [-0.05, 0) is 12.5 Å². The fourth-order valence-corrected chi connectivity index (χ4v) is 1.04. The Labute approximate surface area is 80.1 Å². The Bertz CT molecular complexity index is 228. The SMILES string of the molecule is O=C(O)CC(O)(CC=CO)CC(=O)O. The first kappa shape index (κ1) is 12.4. The van der Waals surface area contributed by atoms with E-state index < -0.39 is 30.4 Å². The lowest BCUT2D eigenvalue weighted by molar-refractivity contribution is -0.148. The number of rotatable bonds is 6. The number of carbonyl (C=O) groups is 2. The van der Waals surface area contributed by atoms with Crippen LogP contribution in [0.25, 0.3) is 0 Å². The maximum absolute atomic E-state index is 10.3. The van der Waals surface area contributed by atoms with Crippen LogP contribution < -0.4 is 0 Å². The Morgan fingerprint density at radius 3 is 1.86 bits per heavy atom. The van der Waals surface area contributed by atoms with Crippen molar-refractivity contribution in [3.63, 3.8) is 0 Å². The van der Waals surface area contributed by atoms with E-state index in [1.807, 2.05) is 0 Å². The number of carboxylic acid groups (broad SMARTS) is 2. The molecule has 0 fully saturated rings. The van der Waals surface area contributed by atoms with Crippen molar-refractivity contribution in [1.82, 2.24) is 0 Å². The highest BCUT2D eigenvalue weighted by Gasteiger charge is 2.31. The zero-order valence-corrected chi connectivity index (χ0v) is 7.38. The molecule has 6 heteroatoms. The van der Waals surface area contributed by atoms with Gasteiger partial charge in [-0.2, -0.15) is 0 Å². The Kier molecular flexibility index (Phi) is 4.65. The van der Waals surface area contributed by atoms with Crippen LogP contribution in [0.3, 0.4) is 0 Å². The first-order valence-electron chi connectivity index (χ1n) is 3.85. The molecule has 0 aromatic heterocycles. The molecule has 0 aliphatic heterocycles. The van der Waals surface area contributed by atoms with Gasteiger partial charge in [0, 0.05) is 0 Å². The number of hydrogen-bond donors (Lipinski definition) is 4. The van der Waals surface area contributed by atoms with Crippen LogP contribution in [0.4, 0.5) is 0 Å². The number of aliphatic hydroxyl groups excluding tert-OH is 1. The van der Waals surface area contributed by atoms with Crippen molar-refractivity contribution in [2.45, 2.75) is 24.9 Å². The predicted octanol–water partition coefficient (Wildman–Crippen LogP) is 0.129. The first-order chi connectivity index (χ1) is 6.39. The molecule has 0 rings (SSSR count). The second-order valence-electron chi connectivity index (χ2n) is 2.95. The highest BCUT2D eigenvalue weighted by molar-refractivity contribution is 5.72. The van der Waals surface area contributed by atoms with E-state index in [1.54, 1.807) is 0 Å². The summed E-state index contributed by atoms with van der Waals surface area (Å²) < 4.78 is 0. The maximum Gasteiger partial charge on any atom is 0.306 e. The number of carboxylic acids is 2. The monoisotopic (exact) mass is 204 g/mol. The third-order valence-electron chi connectivity index (χ3n) is 1.56. The topological polar surface area (TPSA) is 115 Å². The summed E-state index contributed by atoms with van der Waals surface area (Å²) in [5.41, 5.74) is -1.85. The number of aliphatic carboxylic acids is 2. The van der Waals surface area contributed by atoms with Crippen molar-refractivity contribution >= 4 is 11.9 Å². The molecule has 0 saturated heterocycles. The van der Waals surface area contributed by atoms with Gasteiger partial charge in [0.15, 0.2) is 0 Å². The number of aliphatic hydroxyl groups is 2. The van der Waals surface area contributed by atoms with E-state index in [2.05, 4.69) is 0 Å². The fraction of sp³-hybridized carbons (Fsp3) is 0.500. The summed E-state index contributed by atoms with van der Waals surface area (Å²) in [5.74, 6) is -2.58. The largest absolute Gasteiger partial charge is 0.516 e. The maximum atomic E-state index is 10.3. The van der Waals surface area contributed by atoms with E-state index in [4.69, 9.17) is 15.3 Å². The lowest BCUT2D eigenvalue weighted by Crippen LogP contribution is -2.34. The molecular formula is C8H12O6. The Morgan fingerprint density at radius 1 is 1.14 bits per heavy atom. The average molecular weight is 204 g/mol. The normalized spacial score (nSPS) is 11.8. The van der Waals surface area contributed by atoms with E-state index in [0.29, 0.717) is 6.26 Å². The quantitative estimate of drug-likeness (QED) is 0.457. The van der Waals surface area contributed by atoms with Crippen LogP contribution in [-0.2, 0) is 9.59 Å². The molecule has 0 aromatic rings. The van der Waals surface area contributed by atoms with Crippen molar-refractivity contribution < 1.29 is 30.0 Å². The summed E-state index contributed by atoms with van der Waals surface area (Å²) in [5, 5.41) is 34.7. The van der Waals surface area contributed by atoms with Crippen LogP contribution in [0.5, 0.6) is 0 Å². The lowest BCUT2D eigenvalue weighted by Gasteiger charge is -2.22. The summed E-state index contributed by atoms with van der Waals surface area (Å²) in [6.45, 7) is 0. The van der Waals surface area contributed by atoms with Gasteiger partial charge in [-0.15, -0.1) is 0 Å². The smallest absolute Gasteiger partial charge is 0.306 e. The number of hydrogen-bond acceptors (Lipinski definition) is 4. The lowest BCUT2D eigenvalue weighted by atomic mass is 9.92. The van der Waals surface area contributed by atoms with Crippen LogP contribution in [0.15, 0.2) is 12.3 Å². The average Bonchev–Trinajstić information content (AvgIpc) is 1.97. The molecule has 0 aliphatic rings. The van der Waals surface area contributed by atoms with Gasteiger partial charge in [-0.3, -0.25) is 9.59 Å². The summed E-state index contributed by atoms with van der Waals surface area (Å²) in [6.07, 6.45) is 0.163. The highest BCUT2D eigenvalue weighted by Crippen LogP contribution is 2.20. The van der Waals surface area contributed by atoms with Gasteiger partial charge in [0.1, 0.15) is 0 Å². The Morgan fingerprint density at radius 2 is 1.57 bits per heavy atom. The van der Waals surface area contributed by atoms with Crippen LogP contribution in [0.1, 0.15) is 19.3 Å². The van der Waals surface area contributed by atoms with Crippen LogP contribution in [0.2, 0.25) is 0 Å². The van der Waals surface area contributed by atoms with Crippen LogP contribution in [0, 0.1) is 0 Å². The second-order valence-corrected chi connectivity index (χ2v) is 2.95. The second kappa shape index (κ2) is 5.23. The minimum absolute atomic E-state index is 0.220. The zero-order valence-electron chi connectivity index (χ0n) is 7.38.